The summed E-state index contributed by atoms with van der Waals surface area (Å²) >= 11 is 0. The molecule has 0 aliphatic carbocycles. The van der Waals surface area contributed by atoms with Gasteiger partial charge in [-0.25, -0.2) is 0 Å². The van der Waals surface area contributed by atoms with Gasteiger partial charge in [0, 0.05) is 29.2 Å². The Labute approximate surface area is 164 Å². The zero-order valence-electron chi connectivity index (χ0n) is 16.2. The Morgan fingerprint density at radius 1 is 1.21 bits per heavy atom. The van der Waals surface area contributed by atoms with Crippen molar-refractivity contribution in [3.63, 3.8) is 0 Å². The molecule has 28 heavy (non-hydrogen) atoms. The molecule has 6 nitrogen and oxygen atoms in total. The van der Waals surface area contributed by atoms with Crippen molar-refractivity contribution >= 4 is 17.9 Å². The zero-order chi connectivity index (χ0) is 20.1. The van der Waals surface area contributed by atoms with E-state index >= 15 is 0 Å². The van der Waals surface area contributed by atoms with Crippen molar-refractivity contribution in [3.8, 4) is 11.5 Å². The number of carbonyl (C=O) groups is 2. The Morgan fingerprint density at radius 3 is 2.68 bits per heavy atom. The van der Waals surface area contributed by atoms with Crippen LogP contribution in [0, 0.1) is 6.92 Å². The van der Waals surface area contributed by atoms with Gasteiger partial charge in [0.05, 0.1) is 6.61 Å². The lowest BCUT2D eigenvalue weighted by atomic mass is 10.1. The number of hydrazine groups is 1. The van der Waals surface area contributed by atoms with E-state index in [4.69, 9.17) is 9.47 Å². The highest BCUT2D eigenvalue weighted by Gasteiger charge is 2.21. The maximum atomic E-state index is 12.1. The summed E-state index contributed by atoms with van der Waals surface area (Å²) in [5.41, 5.74) is 8.15. The van der Waals surface area contributed by atoms with E-state index in [-0.39, 0.29) is 12.0 Å². The van der Waals surface area contributed by atoms with Crippen LogP contribution in [0.15, 0.2) is 42.5 Å². The van der Waals surface area contributed by atoms with Crippen molar-refractivity contribution in [1.82, 2.24) is 10.9 Å². The predicted octanol–water partition coefficient (Wildman–Crippen LogP) is 3.19. The largest absolute Gasteiger partial charge is 0.493 e. The minimum absolute atomic E-state index is 0.129. The van der Waals surface area contributed by atoms with Gasteiger partial charge in [0.1, 0.15) is 17.6 Å². The molecule has 0 fully saturated rings. The molecular weight excluding hydrogens is 356 g/mol. The van der Waals surface area contributed by atoms with Crippen molar-refractivity contribution < 1.29 is 19.1 Å². The van der Waals surface area contributed by atoms with Crippen molar-refractivity contribution in [1.29, 1.82) is 0 Å². The Bertz CT molecular complexity index is 903. The smallest absolute Gasteiger partial charge is 0.269 e. The molecule has 1 aliphatic rings. The SMILES string of the molecule is CCOc1cc2c(cc1/C=C/C(=O)NNC(=O)c1ccc(C)cc1)O[C@H](C)C2. The summed E-state index contributed by atoms with van der Waals surface area (Å²) in [5, 5.41) is 0. The van der Waals surface area contributed by atoms with Crippen LogP contribution in [0.3, 0.4) is 0 Å². The number of carbonyl (C=O) groups excluding carboxylic acids is 2. The van der Waals surface area contributed by atoms with Crippen LogP contribution in [-0.2, 0) is 11.2 Å². The van der Waals surface area contributed by atoms with Gasteiger partial charge in [-0.15, -0.1) is 0 Å². The van der Waals surface area contributed by atoms with Crippen LogP contribution < -0.4 is 20.3 Å². The van der Waals surface area contributed by atoms with E-state index in [0.717, 1.165) is 28.9 Å². The lowest BCUT2D eigenvalue weighted by Gasteiger charge is -2.10. The van der Waals surface area contributed by atoms with E-state index in [1.165, 1.54) is 6.08 Å². The molecule has 0 unspecified atom stereocenters. The van der Waals surface area contributed by atoms with Crippen LogP contribution in [0.4, 0.5) is 0 Å². The topological polar surface area (TPSA) is 76.7 Å². The van der Waals surface area contributed by atoms with Gasteiger partial charge in [0.15, 0.2) is 0 Å². The average molecular weight is 380 g/mol. The van der Waals surface area contributed by atoms with Crippen LogP contribution in [-0.4, -0.2) is 24.5 Å². The summed E-state index contributed by atoms with van der Waals surface area (Å²) in [6.07, 6.45) is 3.96. The van der Waals surface area contributed by atoms with Crippen LogP contribution in [0.25, 0.3) is 6.08 Å². The average Bonchev–Trinajstić information content (AvgIpc) is 3.03. The first-order valence-electron chi connectivity index (χ1n) is 9.27. The Kier molecular flexibility index (Phi) is 5.99. The number of rotatable bonds is 5. The molecule has 2 aromatic rings. The first-order chi connectivity index (χ1) is 13.5. The molecule has 0 saturated heterocycles. The maximum absolute atomic E-state index is 12.1. The third kappa shape index (κ3) is 4.71. The molecule has 3 rings (SSSR count). The minimum Gasteiger partial charge on any atom is -0.493 e. The van der Waals surface area contributed by atoms with Crippen LogP contribution >= 0.6 is 0 Å². The summed E-state index contributed by atoms with van der Waals surface area (Å²) in [6, 6.07) is 10.9. The fraction of sp³-hybridized carbons (Fsp3) is 0.273. The van der Waals surface area contributed by atoms with E-state index in [2.05, 4.69) is 10.9 Å². The van der Waals surface area contributed by atoms with E-state index in [1.807, 2.05) is 45.0 Å². The first-order valence-corrected chi connectivity index (χ1v) is 9.27. The van der Waals surface area contributed by atoms with Crippen molar-refractivity contribution in [2.24, 2.45) is 0 Å². The highest BCUT2D eigenvalue weighted by atomic mass is 16.5. The third-order valence-electron chi connectivity index (χ3n) is 4.36. The number of nitrogens with one attached hydrogen (secondary N) is 2. The summed E-state index contributed by atoms with van der Waals surface area (Å²) in [4.78, 5) is 24.1. The highest BCUT2D eigenvalue weighted by molar-refractivity contribution is 5.98. The maximum Gasteiger partial charge on any atom is 0.269 e. The normalized spacial score (nSPS) is 15.0. The van der Waals surface area contributed by atoms with Gasteiger partial charge in [0.25, 0.3) is 11.8 Å². The molecule has 0 spiro atoms. The van der Waals surface area contributed by atoms with Crippen LogP contribution in [0.5, 0.6) is 11.5 Å². The number of amides is 2. The molecule has 2 aromatic carbocycles. The lowest BCUT2D eigenvalue weighted by molar-refractivity contribution is -0.117. The molecule has 1 atom stereocenters. The second-order valence-electron chi connectivity index (χ2n) is 6.71. The molecule has 146 valence electrons. The Hall–Kier alpha value is -3.28. The number of benzene rings is 2. The van der Waals surface area contributed by atoms with E-state index in [1.54, 1.807) is 18.2 Å². The number of hydrogen-bond donors (Lipinski definition) is 2. The first kappa shape index (κ1) is 19.5. The second kappa shape index (κ2) is 8.61. The number of aryl methyl sites for hydroxylation is 1. The summed E-state index contributed by atoms with van der Waals surface area (Å²) < 4.78 is 11.5. The summed E-state index contributed by atoms with van der Waals surface area (Å²) in [5.74, 6) is 0.685. The summed E-state index contributed by atoms with van der Waals surface area (Å²) in [7, 11) is 0. The second-order valence-corrected chi connectivity index (χ2v) is 6.71. The van der Waals surface area contributed by atoms with E-state index < -0.39 is 5.91 Å². The molecule has 1 aliphatic heterocycles. The lowest BCUT2D eigenvalue weighted by Crippen LogP contribution is -2.40. The fourth-order valence-corrected chi connectivity index (χ4v) is 2.97. The molecule has 2 amide bonds. The molecule has 0 bridgehead atoms. The quantitative estimate of drug-likeness (QED) is 0.617. The van der Waals surface area contributed by atoms with E-state index in [9.17, 15) is 9.59 Å². The van der Waals surface area contributed by atoms with Crippen LogP contribution in [0.2, 0.25) is 0 Å². The van der Waals surface area contributed by atoms with Gasteiger partial charge in [0.2, 0.25) is 0 Å². The molecule has 1 heterocycles. The third-order valence-corrected chi connectivity index (χ3v) is 4.36. The molecule has 2 N–H and O–H groups in total. The number of fused-ring (bicyclic) bond motifs is 1. The van der Waals surface area contributed by atoms with Gasteiger partial charge in [-0.1, -0.05) is 17.7 Å². The Balaban J connectivity index is 1.64. The van der Waals surface area contributed by atoms with Crippen LogP contribution in [0.1, 0.15) is 40.9 Å². The molecular formula is C22H24N2O4. The highest BCUT2D eigenvalue weighted by Crippen LogP contribution is 2.35. The number of ether oxygens (including phenoxy) is 2. The van der Waals surface area contributed by atoms with Crippen molar-refractivity contribution in [3.05, 3.63) is 64.7 Å². The monoisotopic (exact) mass is 380 g/mol. The van der Waals surface area contributed by atoms with Crippen molar-refractivity contribution in [2.45, 2.75) is 33.3 Å². The zero-order valence-corrected chi connectivity index (χ0v) is 16.2. The number of hydrogen-bond acceptors (Lipinski definition) is 4. The molecule has 6 heteroatoms. The molecule has 0 aromatic heterocycles. The van der Waals surface area contributed by atoms with Gasteiger partial charge in [-0.05, 0) is 51.1 Å². The minimum atomic E-state index is -0.447. The standard InChI is InChI=1S/C22H24N2O4/c1-4-27-19-13-18-11-15(3)28-20(18)12-17(19)9-10-21(25)23-24-22(26)16-7-5-14(2)6-8-16/h5-10,12-13,15H,4,11H2,1-3H3,(H,23,25)(H,24,26)/b10-9+/t15-/m1/s1. The van der Waals surface area contributed by atoms with Gasteiger partial charge in [-0.3, -0.25) is 20.4 Å². The summed E-state index contributed by atoms with van der Waals surface area (Å²) in [6.45, 7) is 6.39. The molecule has 0 radical (unpaired) electrons. The fourth-order valence-electron chi connectivity index (χ4n) is 2.97. The van der Waals surface area contributed by atoms with Gasteiger partial charge < -0.3 is 9.47 Å². The van der Waals surface area contributed by atoms with Crippen molar-refractivity contribution in [2.75, 3.05) is 6.61 Å². The van der Waals surface area contributed by atoms with Gasteiger partial charge in [-0.2, -0.15) is 0 Å². The van der Waals surface area contributed by atoms with Gasteiger partial charge >= 0.3 is 0 Å². The van der Waals surface area contributed by atoms with E-state index in [0.29, 0.717) is 17.9 Å². The predicted molar refractivity (Wildman–Crippen MR) is 107 cm³/mol. The Morgan fingerprint density at radius 2 is 1.96 bits per heavy atom. The molecule has 0 saturated carbocycles.